The van der Waals surface area contributed by atoms with Crippen LogP contribution < -0.4 is 5.73 Å². The predicted octanol–water partition coefficient (Wildman–Crippen LogP) is 4.17. The standard InChI is InChI=1S/C22H25N3O3S/c23-16-6-4-5-15(13-16)20(28-12-11-25-9-2-1-3-10-25)19-14-18-21(29-19)17(22(26)27)7-8-24-18/h4-8,13-14,20H,1-3,9-12,23H2,(H,26,27). The molecule has 1 atom stereocenters. The number of ether oxygens (including phenoxy) is 1. The molecule has 152 valence electrons. The lowest BCUT2D eigenvalue weighted by Crippen LogP contribution is -2.33. The van der Waals surface area contributed by atoms with E-state index in [-0.39, 0.29) is 11.7 Å². The van der Waals surface area contributed by atoms with E-state index in [4.69, 9.17) is 10.5 Å². The Balaban J connectivity index is 1.62. The summed E-state index contributed by atoms with van der Waals surface area (Å²) in [4.78, 5) is 19.3. The molecule has 3 heterocycles. The molecule has 7 heteroatoms. The molecule has 0 aliphatic carbocycles. The zero-order chi connectivity index (χ0) is 20.2. The van der Waals surface area contributed by atoms with Gasteiger partial charge in [0.2, 0.25) is 0 Å². The number of rotatable bonds is 7. The number of nitrogens with two attached hydrogens (primary N) is 1. The maximum atomic E-state index is 11.6. The third kappa shape index (κ3) is 4.58. The number of carboxylic acids is 1. The Bertz CT molecular complexity index is 998. The number of carbonyl (C=O) groups is 1. The predicted molar refractivity (Wildman–Crippen MR) is 116 cm³/mol. The molecule has 3 aromatic rings. The zero-order valence-electron chi connectivity index (χ0n) is 16.2. The summed E-state index contributed by atoms with van der Waals surface area (Å²) in [5.74, 6) is -0.947. The smallest absolute Gasteiger partial charge is 0.337 e. The van der Waals surface area contributed by atoms with Crippen LogP contribution in [0.2, 0.25) is 0 Å². The summed E-state index contributed by atoms with van der Waals surface area (Å²) in [6.07, 6.45) is 5.04. The lowest BCUT2D eigenvalue weighted by atomic mass is 10.1. The van der Waals surface area contributed by atoms with Gasteiger partial charge in [0.05, 0.1) is 22.4 Å². The quantitative estimate of drug-likeness (QED) is 0.567. The number of nitrogen functional groups attached to an aromatic ring is 1. The lowest BCUT2D eigenvalue weighted by molar-refractivity contribution is 0.0576. The van der Waals surface area contributed by atoms with E-state index in [0.717, 1.165) is 30.1 Å². The highest BCUT2D eigenvalue weighted by Crippen LogP contribution is 2.36. The van der Waals surface area contributed by atoms with Crippen LogP contribution in [0.5, 0.6) is 0 Å². The summed E-state index contributed by atoms with van der Waals surface area (Å²) in [5.41, 5.74) is 8.60. The fraction of sp³-hybridized carbons (Fsp3) is 0.364. The molecule has 6 nitrogen and oxygen atoms in total. The molecule has 3 N–H and O–H groups in total. The van der Waals surface area contributed by atoms with Gasteiger partial charge < -0.3 is 20.5 Å². The number of hydrogen-bond acceptors (Lipinski definition) is 6. The van der Waals surface area contributed by atoms with Gasteiger partial charge in [-0.2, -0.15) is 0 Å². The van der Waals surface area contributed by atoms with Gasteiger partial charge in [-0.15, -0.1) is 11.3 Å². The van der Waals surface area contributed by atoms with Crippen molar-refractivity contribution in [3.8, 4) is 0 Å². The number of likely N-dealkylation sites (tertiary alicyclic amines) is 1. The Morgan fingerprint density at radius 2 is 2.07 bits per heavy atom. The van der Waals surface area contributed by atoms with E-state index in [1.807, 2.05) is 30.3 Å². The second-order valence-electron chi connectivity index (χ2n) is 7.35. The van der Waals surface area contributed by atoms with Gasteiger partial charge in [-0.05, 0) is 55.8 Å². The molecular weight excluding hydrogens is 386 g/mol. The monoisotopic (exact) mass is 411 g/mol. The number of aromatic carboxylic acids is 1. The average molecular weight is 412 g/mol. The zero-order valence-corrected chi connectivity index (χ0v) is 17.0. The van der Waals surface area contributed by atoms with Crippen LogP contribution in [0.25, 0.3) is 10.2 Å². The van der Waals surface area contributed by atoms with Crippen molar-refractivity contribution in [3.05, 3.63) is 58.6 Å². The number of piperidine rings is 1. The third-order valence-electron chi connectivity index (χ3n) is 5.27. The van der Waals surface area contributed by atoms with Crippen LogP contribution in [0.1, 0.15) is 46.2 Å². The Morgan fingerprint density at radius 3 is 2.83 bits per heavy atom. The Morgan fingerprint density at radius 1 is 1.24 bits per heavy atom. The first-order valence-corrected chi connectivity index (χ1v) is 10.7. The number of thiophene rings is 1. The molecule has 2 aromatic heterocycles. The summed E-state index contributed by atoms with van der Waals surface area (Å²) in [6.45, 7) is 3.75. The number of anilines is 1. The summed E-state index contributed by atoms with van der Waals surface area (Å²) in [6, 6.07) is 11.2. The van der Waals surface area contributed by atoms with Crippen molar-refractivity contribution < 1.29 is 14.6 Å². The van der Waals surface area contributed by atoms with Crippen molar-refractivity contribution >= 4 is 33.2 Å². The van der Waals surface area contributed by atoms with Gasteiger partial charge in [-0.3, -0.25) is 4.98 Å². The molecule has 1 fully saturated rings. The molecule has 1 aromatic carbocycles. The summed E-state index contributed by atoms with van der Waals surface area (Å²) in [7, 11) is 0. The van der Waals surface area contributed by atoms with Crippen LogP contribution in [0, 0.1) is 0 Å². The Kier molecular flexibility index (Phi) is 6.08. The van der Waals surface area contributed by atoms with Crippen LogP contribution in [-0.2, 0) is 4.74 Å². The maximum Gasteiger partial charge on any atom is 0.337 e. The number of fused-ring (bicyclic) bond motifs is 1. The average Bonchev–Trinajstić information content (AvgIpc) is 3.15. The minimum atomic E-state index is -0.947. The molecule has 0 bridgehead atoms. The van der Waals surface area contributed by atoms with Crippen molar-refractivity contribution in [3.63, 3.8) is 0 Å². The van der Waals surface area contributed by atoms with E-state index in [2.05, 4.69) is 9.88 Å². The van der Waals surface area contributed by atoms with Crippen molar-refractivity contribution in [1.29, 1.82) is 0 Å². The molecule has 0 amide bonds. The number of carboxylic acid groups (broad SMARTS) is 1. The molecule has 0 spiro atoms. The van der Waals surface area contributed by atoms with Crippen LogP contribution in [0.3, 0.4) is 0 Å². The van der Waals surface area contributed by atoms with Crippen LogP contribution >= 0.6 is 11.3 Å². The van der Waals surface area contributed by atoms with Crippen LogP contribution in [0.15, 0.2) is 42.6 Å². The maximum absolute atomic E-state index is 11.6. The van der Waals surface area contributed by atoms with Gasteiger partial charge in [-0.25, -0.2) is 4.79 Å². The second-order valence-corrected chi connectivity index (χ2v) is 8.43. The molecule has 4 rings (SSSR count). The molecular formula is C22H25N3O3S. The Labute approximate surface area is 173 Å². The normalized spacial score (nSPS) is 16.1. The van der Waals surface area contributed by atoms with E-state index in [1.165, 1.54) is 42.9 Å². The summed E-state index contributed by atoms with van der Waals surface area (Å²) in [5, 5.41) is 9.50. The van der Waals surface area contributed by atoms with E-state index in [9.17, 15) is 9.90 Å². The first-order chi connectivity index (χ1) is 14.1. The topological polar surface area (TPSA) is 88.7 Å². The number of benzene rings is 1. The second kappa shape index (κ2) is 8.90. The van der Waals surface area contributed by atoms with E-state index >= 15 is 0 Å². The molecule has 1 unspecified atom stereocenters. The van der Waals surface area contributed by atoms with Crippen molar-refractivity contribution in [2.45, 2.75) is 25.4 Å². The van der Waals surface area contributed by atoms with Gasteiger partial charge >= 0.3 is 5.97 Å². The largest absolute Gasteiger partial charge is 0.478 e. The molecule has 1 aliphatic rings. The molecule has 0 saturated carbocycles. The SMILES string of the molecule is Nc1cccc(C(OCCN2CCCCC2)c2cc3nccc(C(=O)O)c3s2)c1. The van der Waals surface area contributed by atoms with E-state index < -0.39 is 5.97 Å². The van der Waals surface area contributed by atoms with Gasteiger partial charge in [-0.1, -0.05) is 18.6 Å². The molecule has 1 saturated heterocycles. The van der Waals surface area contributed by atoms with Gasteiger partial charge in [0.1, 0.15) is 6.10 Å². The van der Waals surface area contributed by atoms with Crippen molar-refractivity contribution in [2.24, 2.45) is 0 Å². The van der Waals surface area contributed by atoms with Gasteiger partial charge in [0, 0.05) is 23.3 Å². The van der Waals surface area contributed by atoms with Gasteiger partial charge in [0.25, 0.3) is 0 Å². The highest BCUT2D eigenvalue weighted by molar-refractivity contribution is 7.19. The van der Waals surface area contributed by atoms with Crippen molar-refractivity contribution in [2.75, 3.05) is 32.0 Å². The number of hydrogen-bond donors (Lipinski definition) is 2. The number of pyridine rings is 1. The van der Waals surface area contributed by atoms with E-state index in [0.29, 0.717) is 22.5 Å². The third-order valence-corrected chi connectivity index (χ3v) is 6.47. The van der Waals surface area contributed by atoms with Gasteiger partial charge in [0.15, 0.2) is 0 Å². The lowest BCUT2D eigenvalue weighted by Gasteiger charge is -2.27. The fourth-order valence-corrected chi connectivity index (χ4v) is 5.00. The van der Waals surface area contributed by atoms with E-state index in [1.54, 1.807) is 0 Å². The fourth-order valence-electron chi connectivity index (χ4n) is 3.80. The first-order valence-electron chi connectivity index (χ1n) is 9.93. The minimum absolute atomic E-state index is 0.269. The number of aromatic nitrogens is 1. The minimum Gasteiger partial charge on any atom is -0.478 e. The summed E-state index contributed by atoms with van der Waals surface area (Å²) < 4.78 is 7.01. The first kappa shape index (κ1) is 19.8. The molecule has 1 aliphatic heterocycles. The Hall–Kier alpha value is -2.48. The highest BCUT2D eigenvalue weighted by Gasteiger charge is 2.21. The molecule has 29 heavy (non-hydrogen) atoms. The van der Waals surface area contributed by atoms with Crippen LogP contribution in [0.4, 0.5) is 5.69 Å². The number of nitrogens with zero attached hydrogens (tertiary/aromatic N) is 2. The van der Waals surface area contributed by atoms with Crippen molar-refractivity contribution in [1.82, 2.24) is 9.88 Å². The highest BCUT2D eigenvalue weighted by atomic mass is 32.1. The summed E-state index contributed by atoms with van der Waals surface area (Å²) >= 11 is 1.42. The molecule has 0 radical (unpaired) electrons. The van der Waals surface area contributed by atoms with Crippen LogP contribution in [-0.4, -0.2) is 47.2 Å².